The number of aromatic nitrogens is 2. The lowest BCUT2D eigenvalue weighted by molar-refractivity contribution is 0.0501. The number of aliphatic hydroxyl groups is 1. The summed E-state index contributed by atoms with van der Waals surface area (Å²) in [6.45, 7) is 5.26. The monoisotopic (exact) mass is 374 g/mol. The number of rotatable bonds is 6. The molecule has 1 saturated heterocycles. The summed E-state index contributed by atoms with van der Waals surface area (Å²) in [4.78, 5) is 5.01. The van der Waals surface area contributed by atoms with Gasteiger partial charge in [0.25, 0.3) is 0 Å². The minimum Gasteiger partial charge on any atom is -0.396 e. The van der Waals surface area contributed by atoms with Crippen molar-refractivity contribution >= 4 is 34.1 Å². The number of nitrogens with zero attached hydrogens (tertiary/aromatic N) is 4. The van der Waals surface area contributed by atoms with Gasteiger partial charge < -0.3 is 5.11 Å². The number of hydrogen-bond donors (Lipinski definition) is 1. The molecule has 25 heavy (non-hydrogen) atoms. The second kappa shape index (κ2) is 7.88. The van der Waals surface area contributed by atoms with Crippen LogP contribution in [0.25, 0.3) is 11.0 Å². The maximum atomic E-state index is 9.48. The van der Waals surface area contributed by atoms with E-state index in [1.165, 1.54) is 22.9 Å². The van der Waals surface area contributed by atoms with E-state index >= 15 is 0 Å². The minimum absolute atomic E-state index is 0.245. The van der Waals surface area contributed by atoms with Crippen LogP contribution in [0.15, 0.2) is 35.0 Å². The molecule has 0 spiro atoms. The van der Waals surface area contributed by atoms with Gasteiger partial charge >= 0.3 is 0 Å². The first-order chi connectivity index (χ1) is 12.3. The maximum Gasteiger partial charge on any atom is 0.105 e. The third-order valence-electron chi connectivity index (χ3n) is 4.84. The summed E-state index contributed by atoms with van der Waals surface area (Å²) in [7, 11) is 0. The van der Waals surface area contributed by atoms with Crippen LogP contribution in [0.1, 0.15) is 17.5 Å². The second-order valence-corrected chi connectivity index (χ2v) is 7.90. The highest BCUT2D eigenvalue weighted by molar-refractivity contribution is 7.07. The Hall–Kier alpha value is -1.38. The average Bonchev–Trinajstić information content (AvgIpc) is 3.28. The van der Waals surface area contributed by atoms with Crippen LogP contribution in [0, 0.1) is 0 Å². The third kappa shape index (κ3) is 4.07. The third-order valence-corrected chi connectivity index (χ3v) is 6.13. The molecule has 0 bridgehead atoms. The molecule has 1 atom stereocenters. The van der Waals surface area contributed by atoms with Crippen molar-refractivity contribution in [1.82, 2.24) is 18.5 Å². The quantitative estimate of drug-likeness (QED) is 0.719. The van der Waals surface area contributed by atoms with E-state index in [1.54, 1.807) is 11.3 Å². The number of hydrogen-bond acceptors (Lipinski definition) is 7. The van der Waals surface area contributed by atoms with Crippen LogP contribution >= 0.6 is 23.1 Å². The lowest BCUT2D eigenvalue weighted by Gasteiger charge is -2.41. The maximum absolute atomic E-state index is 9.48. The Balaban J connectivity index is 1.41. The summed E-state index contributed by atoms with van der Waals surface area (Å²) in [6.07, 6.45) is 0.829. The molecule has 3 heterocycles. The number of piperazine rings is 1. The van der Waals surface area contributed by atoms with Crippen molar-refractivity contribution in [3.8, 4) is 0 Å². The molecule has 7 heteroatoms. The van der Waals surface area contributed by atoms with Crippen molar-refractivity contribution < 1.29 is 5.11 Å². The van der Waals surface area contributed by atoms with E-state index in [4.69, 9.17) is 0 Å². The Bertz CT molecular complexity index is 804. The zero-order valence-corrected chi connectivity index (χ0v) is 15.7. The van der Waals surface area contributed by atoms with Gasteiger partial charge in [0.05, 0.1) is 11.7 Å². The minimum atomic E-state index is 0.245. The molecule has 3 aromatic rings. The van der Waals surface area contributed by atoms with Gasteiger partial charge in [0.2, 0.25) is 0 Å². The number of thiophene rings is 1. The average molecular weight is 375 g/mol. The molecular formula is C18H22N4OS2. The Kier molecular flexibility index (Phi) is 5.38. The van der Waals surface area contributed by atoms with Gasteiger partial charge in [-0.3, -0.25) is 9.80 Å². The van der Waals surface area contributed by atoms with E-state index in [0.29, 0.717) is 6.04 Å². The van der Waals surface area contributed by atoms with Crippen molar-refractivity contribution in [3.63, 3.8) is 0 Å². The molecule has 1 aromatic carbocycles. The molecule has 1 fully saturated rings. The van der Waals surface area contributed by atoms with Gasteiger partial charge in [0.1, 0.15) is 11.0 Å². The van der Waals surface area contributed by atoms with E-state index in [-0.39, 0.29) is 6.61 Å². The topological polar surface area (TPSA) is 52.5 Å². The molecule has 1 aliphatic rings. The van der Waals surface area contributed by atoms with E-state index in [2.05, 4.69) is 53.6 Å². The number of fused-ring (bicyclic) bond motifs is 1. The summed E-state index contributed by atoms with van der Waals surface area (Å²) >= 11 is 3.02. The van der Waals surface area contributed by atoms with Gasteiger partial charge in [-0.05, 0) is 46.5 Å². The van der Waals surface area contributed by atoms with E-state index in [9.17, 15) is 5.11 Å². The summed E-state index contributed by atoms with van der Waals surface area (Å²) in [6, 6.07) is 8.97. The fourth-order valence-electron chi connectivity index (χ4n) is 3.53. The largest absolute Gasteiger partial charge is 0.396 e. The Morgan fingerprint density at radius 1 is 1.08 bits per heavy atom. The molecule has 4 rings (SSSR count). The van der Waals surface area contributed by atoms with Crippen LogP contribution < -0.4 is 0 Å². The normalized spacial score (nSPS) is 19.6. The number of benzene rings is 1. The molecule has 2 aromatic heterocycles. The molecule has 0 saturated carbocycles. The molecule has 0 radical (unpaired) electrons. The Morgan fingerprint density at radius 2 is 2.00 bits per heavy atom. The fourth-order valence-corrected chi connectivity index (χ4v) is 4.71. The predicted molar refractivity (Wildman–Crippen MR) is 103 cm³/mol. The van der Waals surface area contributed by atoms with Crippen LogP contribution in [0.3, 0.4) is 0 Å². The van der Waals surface area contributed by atoms with Crippen LogP contribution in [0.2, 0.25) is 0 Å². The van der Waals surface area contributed by atoms with Crippen LogP contribution in [-0.2, 0) is 13.1 Å². The van der Waals surface area contributed by atoms with Gasteiger partial charge in [0.15, 0.2) is 0 Å². The zero-order valence-electron chi connectivity index (χ0n) is 14.0. The van der Waals surface area contributed by atoms with Gasteiger partial charge in [-0.25, -0.2) is 0 Å². The SMILES string of the molecule is OCC[C@@H]1CN(Cc2ccc3nsnc3c2)CCN1Cc1ccsc1. The van der Waals surface area contributed by atoms with Crippen molar-refractivity contribution in [1.29, 1.82) is 0 Å². The summed E-state index contributed by atoms with van der Waals surface area (Å²) < 4.78 is 8.61. The lowest BCUT2D eigenvalue weighted by Crippen LogP contribution is -2.52. The van der Waals surface area contributed by atoms with E-state index in [0.717, 1.165) is 50.2 Å². The first kappa shape index (κ1) is 17.1. The molecular weight excluding hydrogens is 352 g/mol. The Morgan fingerprint density at radius 3 is 2.84 bits per heavy atom. The van der Waals surface area contributed by atoms with Crippen LogP contribution in [-0.4, -0.2) is 55.9 Å². The first-order valence-electron chi connectivity index (χ1n) is 8.61. The fraction of sp³-hybridized carbons (Fsp3) is 0.444. The molecule has 132 valence electrons. The van der Waals surface area contributed by atoms with Crippen LogP contribution in [0.4, 0.5) is 0 Å². The summed E-state index contributed by atoms with van der Waals surface area (Å²) in [5.74, 6) is 0. The highest BCUT2D eigenvalue weighted by atomic mass is 32.1. The summed E-state index contributed by atoms with van der Waals surface area (Å²) in [5.41, 5.74) is 4.63. The van der Waals surface area contributed by atoms with Gasteiger partial charge in [-0.2, -0.15) is 20.1 Å². The van der Waals surface area contributed by atoms with Gasteiger partial charge in [0, 0.05) is 45.4 Å². The van der Waals surface area contributed by atoms with Crippen molar-refractivity contribution in [2.24, 2.45) is 0 Å². The zero-order chi connectivity index (χ0) is 17.1. The molecule has 0 aliphatic carbocycles. The van der Waals surface area contributed by atoms with Gasteiger partial charge in [-0.15, -0.1) is 0 Å². The summed E-state index contributed by atoms with van der Waals surface area (Å²) in [5, 5.41) is 13.8. The first-order valence-corrected chi connectivity index (χ1v) is 10.3. The van der Waals surface area contributed by atoms with Gasteiger partial charge in [-0.1, -0.05) is 6.07 Å². The predicted octanol–water partition coefficient (Wildman–Crippen LogP) is 2.82. The van der Waals surface area contributed by atoms with Crippen molar-refractivity contribution in [2.75, 3.05) is 26.2 Å². The van der Waals surface area contributed by atoms with E-state index in [1.807, 2.05) is 0 Å². The van der Waals surface area contributed by atoms with Crippen LogP contribution in [0.5, 0.6) is 0 Å². The molecule has 0 amide bonds. The molecule has 1 N–H and O–H groups in total. The highest BCUT2D eigenvalue weighted by Gasteiger charge is 2.26. The Labute approximate surface area is 155 Å². The number of aliphatic hydroxyl groups excluding tert-OH is 1. The van der Waals surface area contributed by atoms with Crippen molar-refractivity contribution in [3.05, 3.63) is 46.2 Å². The van der Waals surface area contributed by atoms with Crippen molar-refractivity contribution in [2.45, 2.75) is 25.6 Å². The van der Waals surface area contributed by atoms with E-state index < -0.39 is 0 Å². The lowest BCUT2D eigenvalue weighted by atomic mass is 10.1. The highest BCUT2D eigenvalue weighted by Crippen LogP contribution is 2.21. The smallest absolute Gasteiger partial charge is 0.105 e. The molecule has 5 nitrogen and oxygen atoms in total. The second-order valence-electron chi connectivity index (χ2n) is 6.59. The standard InChI is InChI=1S/C18H22N4OS2/c23-7-3-16-12-21(5-6-22(16)11-15-4-8-24-13-15)10-14-1-2-17-18(9-14)20-25-19-17/h1-2,4,8-9,13,16,23H,3,5-7,10-12H2/t16-/m1/s1. The molecule has 0 unspecified atom stereocenters. The molecule has 1 aliphatic heterocycles.